The summed E-state index contributed by atoms with van der Waals surface area (Å²) in [4.78, 5) is 13.3. The van der Waals surface area contributed by atoms with E-state index in [1.165, 1.54) is 29.1 Å². The normalized spacial score (nSPS) is 12.3. The predicted octanol–water partition coefficient (Wildman–Crippen LogP) is 4.77. The molecule has 0 bridgehead atoms. The van der Waals surface area contributed by atoms with E-state index in [0.29, 0.717) is 16.7 Å². The third-order valence-electron chi connectivity index (χ3n) is 5.52. The summed E-state index contributed by atoms with van der Waals surface area (Å²) in [6.07, 6.45) is 2.69. The van der Waals surface area contributed by atoms with Crippen LogP contribution >= 0.6 is 17.0 Å². The van der Waals surface area contributed by atoms with Crippen LogP contribution in [0.25, 0.3) is 0 Å². The lowest BCUT2D eigenvalue weighted by atomic mass is 9.78. The van der Waals surface area contributed by atoms with Crippen molar-refractivity contribution in [2.24, 2.45) is 0 Å². The number of aromatic nitrogens is 2. The van der Waals surface area contributed by atoms with Crippen molar-refractivity contribution in [2.75, 3.05) is 0 Å². The van der Waals surface area contributed by atoms with Crippen LogP contribution < -0.4 is 5.62 Å². The van der Waals surface area contributed by atoms with Crippen molar-refractivity contribution in [3.05, 3.63) is 77.2 Å². The SMILES string of the molecule is Br.CC(C)(C)c1cc(C(=O)Cn2ccn(S(=O)(=O)c3ccccc3)c2=N)cc(C(C)(C)C)c1O. The molecule has 0 atom stereocenters. The van der Waals surface area contributed by atoms with E-state index >= 15 is 0 Å². The first kappa shape index (κ1) is 27.6. The molecule has 184 valence electrons. The number of phenolic OH excluding ortho intramolecular Hbond substituents is 1. The lowest BCUT2D eigenvalue weighted by Crippen LogP contribution is -2.31. The zero-order chi connectivity index (χ0) is 24.8. The summed E-state index contributed by atoms with van der Waals surface area (Å²) in [5.41, 5.74) is 0.644. The number of hydrogen-bond donors (Lipinski definition) is 2. The molecule has 0 saturated heterocycles. The molecule has 3 aromatic rings. The Morgan fingerprint density at radius 1 is 0.941 bits per heavy atom. The summed E-state index contributed by atoms with van der Waals surface area (Å²) in [6.45, 7) is 11.6. The van der Waals surface area contributed by atoms with Crippen molar-refractivity contribution in [1.82, 2.24) is 8.54 Å². The summed E-state index contributed by atoms with van der Waals surface area (Å²) < 4.78 is 27.9. The van der Waals surface area contributed by atoms with Gasteiger partial charge in [0.05, 0.1) is 11.4 Å². The number of halogens is 1. The highest BCUT2D eigenvalue weighted by Gasteiger charge is 2.28. The number of carbonyl (C=O) groups excluding carboxylic acids is 1. The fraction of sp³-hybridized carbons (Fsp3) is 0.360. The smallest absolute Gasteiger partial charge is 0.270 e. The molecule has 34 heavy (non-hydrogen) atoms. The molecule has 2 N–H and O–H groups in total. The van der Waals surface area contributed by atoms with Crippen LogP contribution in [0.3, 0.4) is 0 Å². The molecule has 0 radical (unpaired) electrons. The highest BCUT2D eigenvalue weighted by atomic mass is 79.9. The number of nitrogens with zero attached hydrogens (tertiary/aromatic N) is 2. The minimum Gasteiger partial charge on any atom is -0.507 e. The van der Waals surface area contributed by atoms with E-state index in [4.69, 9.17) is 5.41 Å². The van der Waals surface area contributed by atoms with E-state index in [0.717, 1.165) is 3.97 Å². The number of nitrogens with one attached hydrogen (secondary N) is 1. The maximum absolute atomic E-state index is 13.2. The molecule has 3 rings (SSSR count). The van der Waals surface area contributed by atoms with Crippen molar-refractivity contribution < 1.29 is 18.3 Å². The number of ketones is 1. The van der Waals surface area contributed by atoms with Crippen LogP contribution in [0, 0.1) is 5.41 Å². The zero-order valence-electron chi connectivity index (χ0n) is 20.3. The summed E-state index contributed by atoms with van der Waals surface area (Å²) in [5, 5.41) is 19.2. The molecule has 0 aliphatic rings. The molecule has 0 aliphatic carbocycles. The minimum absolute atomic E-state index is 0. The van der Waals surface area contributed by atoms with Gasteiger partial charge in [0, 0.05) is 29.1 Å². The van der Waals surface area contributed by atoms with Gasteiger partial charge in [-0.05, 0) is 35.1 Å². The lowest BCUT2D eigenvalue weighted by Gasteiger charge is -2.28. The van der Waals surface area contributed by atoms with Gasteiger partial charge in [-0.1, -0.05) is 59.7 Å². The van der Waals surface area contributed by atoms with E-state index in [9.17, 15) is 18.3 Å². The number of hydrogen-bond acceptors (Lipinski definition) is 5. The van der Waals surface area contributed by atoms with Gasteiger partial charge in [-0.15, -0.1) is 17.0 Å². The fourth-order valence-corrected chi connectivity index (χ4v) is 4.90. The van der Waals surface area contributed by atoms with Crippen molar-refractivity contribution in [1.29, 1.82) is 5.41 Å². The number of rotatable bonds is 5. The molecule has 0 spiro atoms. The summed E-state index contributed by atoms with van der Waals surface area (Å²) >= 11 is 0. The van der Waals surface area contributed by atoms with Crippen molar-refractivity contribution in [3.63, 3.8) is 0 Å². The zero-order valence-corrected chi connectivity index (χ0v) is 22.8. The molecular formula is C25H32BrN3O4S. The molecule has 1 heterocycles. The Morgan fingerprint density at radius 3 is 1.91 bits per heavy atom. The molecular weight excluding hydrogens is 518 g/mol. The van der Waals surface area contributed by atoms with Gasteiger partial charge >= 0.3 is 0 Å². The fourth-order valence-electron chi connectivity index (χ4n) is 3.62. The number of imidazole rings is 1. The van der Waals surface area contributed by atoms with Crippen LogP contribution in [-0.2, 0) is 27.4 Å². The average Bonchev–Trinajstić information content (AvgIpc) is 3.08. The second kappa shape index (κ2) is 9.54. The van der Waals surface area contributed by atoms with Crippen LogP contribution in [0.4, 0.5) is 0 Å². The van der Waals surface area contributed by atoms with Crippen molar-refractivity contribution in [3.8, 4) is 5.75 Å². The topological polar surface area (TPSA) is 105 Å². The average molecular weight is 551 g/mol. The van der Waals surface area contributed by atoms with Crippen molar-refractivity contribution in [2.45, 2.75) is 63.8 Å². The maximum Gasteiger partial charge on any atom is 0.270 e. The maximum atomic E-state index is 13.2. The van der Waals surface area contributed by atoms with Crippen LogP contribution in [-0.4, -0.2) is 27.8 Å². The second-order valence-electron chi connectivity index (χ2n) is 10.2. The standard InChI is InChI=1S/C25H31N3O4S.BrH/c1-24(2,3)19-14-17(15-20(22(19)30)25(4,5)6)21(29)16-27-12-13-28(23(27)26)33(31,32)18-10-8-7-9-11-18;/h7-15,26,30H,16H2,1-6H3;1H. The van der Waals surface area contributed by atoms with E-state index in [-0.39, 0.29) is 56.4 Å². The monoisotopic (exact) mass is 549 g/mol. The molecule has 9 heteroatoms. The number of carbonyl (C=O) groups is 1. The second-order valence-corrected chi connectivity index (χ2v) is 12.0. The van der Waals surface area contributed by atoms with Crippen LogP contribution in [0.15, 0.2) is 59.8 Å². The molecule has 0 unspecified atom stereocenters. The summed E-state index contributed by atoms with van der Waals surface area (Å²) in [7, 11) is -3.94. The number of aromatic hydroxyl groups is 1. The highest BCUT2D eigenvalue weighted by molar-refractivity contribution is 8.93. The van der Waals surface area contributed by atoms with Gasteiger partial charge in [-0.3, -0.25) is 10.2 Å². The molecule has 0 aliphatic heterocycles. The summed E-state index contributed by atoms with van der Waals surface area (Å²) in [6, 6.07) is 11.2. The Labute approximate surface area is 211 Å². The van der Waals surface area contributed by atoms with Gasteiger partial charge in [0.15, 0.2) is 5.78 Å². The molecule has 0 fully saturated rings. The Balaban J connectivity index is 0.00000408. The Kier molecular flexibility index (Phi) is 7.74. The van der Waals surface area contributed by atoms with E-state index in [1.807, 2.05) is 41.5 Å². The number of benzene rings is 2. The first-order valence-corrected chi connectivity index (χ1v) is 12.1. The van der Waals surface area contributed by atoms with Gasteiger partial charge < -0.3 is 9.67 Å². The van der Waals surface area contributed by atoms with Crippen LogP contribution in [0.5, 0.6) is 5.75 Å². The number of phenols is 1. The van der Waals surface area contributed by atoms with Gasteiger partial charge in [0.2, 0.25) is 5.62 Å². The first-order valence-electron chi connectivity index (χ1n) is 10.7. The first-order chi connectivity index (χ1) is 15.1. The highest BCUT2D eigenvalue weighted by Crippen LogP contribution is 2.39. The van der Waals surface area contributed by atoms with Gasteiger partial charge in [-0.25, -0.2) is 12.4 Å². The van der Waals surface area contributed by atoms with Crippen LogP contribution in [0.1, 0.15) is 63.0 Å². The molecule has 0 amide bonds. The lowest BCUT2D eigenvalue weighted by molar-refractivity contribution is 0.0970. The predicted molar refractivity (Wildman–Crippen MR) is 137 cm³/mol. The molecule has 7 nitrogen and oxygen atoms in total. The Hall–Kier alpha value is -2.65. The van der Waals surface area contributed by atoms with E-state index in [2.05, 4.69) is 0 Å². The number of Topliss-reactive ketones (excluding diaryl/α,β-unsaturated/α-hetero) is 1. The third kappa shape index (κ3) is 5.36. The molecule has 2 aromatic carbocycles. The van der Waals surface area contributed by atoms with Crippen molar-refractivity contribution >= 4 is 32.8 Å². The quantitative estimate of drug-likeness (QED) is 0.447. The third-order valence-corrected chi connectivity index (χ3v) is 7.21. The molecule has 1 aromatic heterocycles. The van der Waals surface area contributed by atoms with E-state index < -0.39 is 10.0 Å². The van der Waals surface area contributed by atoms with Gasteiger partial charge in [0.25, 0.3) is 10.0 Å². The largest absolute Gasteiger partial charge is 0.507 e. The van der Waals surface area contributed by atoms with Gasteiger partial charge in [-0.2, -0.15) is 0 Å². The minimum atomic E-state index is -3.94. The summed E-state index contributed by atoms with van der Waals surface area (Å²) in [5.74, 6) is -0.0974. The molecule has 0 saturated carbocycles. The van der Waals surface area contributed by atoms with E-state index in [1.54, 1.807) is 30.3 Å². The Bertz CT molecular complexity index is 1320. The Morgan fingerprint density at radius 2 is 1.44 bits per heavy atom. The van der Waals surface area contributed by atoms with Crippen LogP contribution in [0.2, 0.25) is 0 Å². The van der Waals surface area contributed by atoms with Gasteiger partial charge in [0.1, 0.15) is 5.75 Å².